The number of aliphatic hydroxyl groups excluding tert-OH is 4. The first-order valence-electron chi connectivity index (χ1n) is 7.31. The lowest BCUT2D eigenvalue weighted by molar-refractivity contribution is -0.193. The number of hydrogen-bond acceptors (Lipinski definition) is 8. The number of hydrogen-bond donors (Lipinski definition) is 5. The first-order valence-corrected chi connectivity index (χ1v) is 7.31. The van der Waals surface area contributed by atoms with Crippen LogP contribution in [0.4, 0.5) is 0 Å². The van der Waals surface area contributed by atoms with Gasteiger partial charge in [0.2, 0.25) is 0 Å². The molecule has 0 saturated heterocycles. The zero-order valence-corrected chi connectivity index (χ0v) is 12.9. The minimum atomic E-state index is -1.60. The Balaban J connectivity index is 2.00. The maximum absolute atomic E-state index is 11.8. The van der Waals surface area contributed by atoms with Gasteiger partial charge in [-0.05, 0) is 23.8 Å². The summed E-state index contributed by atoms with van der Waals surface area (Å²) in [7, 11) is 1.40. The van der Waals surface area contributed by atoms with E-state index in [1.165, 1.54) is 25.3 Å². The predicted molar refractivity (Wildman–Crippen MR) is 82.2 cm³/mol. The van der Waals surface area contributed by atoms with E-state index in [4.69, 9.17) is 9.47 Å². The van der Waals surface area contributed by atoms with Gasteiger partial charge < -0.3 is 35.0 Å². The molecule has 2 rings (SSSR count). The minimum Gasteiger partial charge on any atom is -0.504 e. The maximum atomic E-state index is 11.8. The lowest BCUT2D eigenvalue weighted by Crippen LogP contribution is -2.56. The lowest BCUT2D eigenvalue weighted by Gasteiger charge is -2.37. The first-order chi connectivity index (χ1) is 11.3. The van der Waals surface area contributed by atoms with Gasteiger partial charge in [0.25, 0.3) is 0 Å². The Bertz CT molecular complexity index is 614. The van der Waals surface area contributed by atoms with Crippen molar-refractivity contribution < 1.29 is 39.8 Å². The molecular formula is C16H20O8. The molecule has 8 heteroatoms. The highest BCUT2D eigenvalue weighted by Crippen LogP contribution is 2.27. The number of phenolic OH excluding ortho intramolecular Hbond substituents is 1. The molecule has 0 bridgehead atoms. The Labute approximate surface area is 138 Å². The van der Waals surface area contributed by atoms with Crippen LogP contribution in [0, 0.1) is 0 Å². The van der Waals surface area contributed by atoms with Crippen LogP contribution in [0.2, 0.25) is 0 Å². The van der Waals surface area contributed by atoms with Crippen LogP contribution in [0.15, 0.2) is 24.3 Å². The van der Waals surface area contributed by atoms with Crippen molar-refractivity contribution in [2.24, 2.45) is 0 Å². The number of methoxy groups -OCH3 is 1. The van der Waals surface area contributed by atoms with Crippen molar-refractivity contribution >= 4 is 12.0 Å². The van der Waals surface area contributed by atoms with Crippen molar-refractivity contribution in [1.82, 2.24) is 0 Å². The van der Waals surface area contributed by atoms with E-state index in [0.717, 1.165) is 6.08 Å². The maximum Gasteiger partial charge on any atom is 0.331 e. The summed E-state index contributed by atoms with van der Waals surface area (Å²) in [5.41, 5.74) is 0.571. The average Bonchev–Trinajstić information content (AvgIpc) is 2.57. The zero-order valence-electron chi connectivity index (χ0n) is 12.9. The van der Waals surface area contributed by atoms with Crippen molar-refractivity contribution in [3.05, 3.63) is 29.8 Å². The minimum absolute atomic E-state index is 0.0379. The molecule has 0 heterocycles. The topological polar surface area (TPSA) is 137 Å². The molecule has 5 N–H and O–H groups in total. The van der Waals surface area contributed by atoms with E-state index in [-0.39, 0.29) is 17.9 Å². The molecule has 0 aliphatic heterocycles. The van der Waals surface area contributed by atoms with Crippen LogP contribution in [0.25, 0.3) is 6.08 Å². The molecule has 1 aliphatic rings. The predicted octanol–water partition coefficient (Wildman–Crippen LogP) is -0.827. The van der Waals surface area contributed by atoms with E-state index in [2.05, 4.69) is 0 Å². The number of esters is 1. The summed E-state index contributed by atoms with van der Waals surface area (Å²) in [5, 5.41) is 47.9. The second-order valence-corrected chi connectivity index (χ2v) is 5.51. The third kappa shape index (κ3) is 4.04. The fourth-order valence-corrected chi connectivity index (χ4v) is 2.43. The normalized spacial score (nSPS) is 30.3. The van der Waals surface area contributed by atoms with Crippen LogP contribution >= 0.6 is 0 Å². The van der Waals surface area contributed by atoms with Gasteiger partial charge in [-0.2, -0.15) is 0 Å². The molecule has 1 fully saturated rings. The van der Waals surface area contributed by atoms with Gasteiger partial charge in [0.05, 0.1) is 13.2 Å². The molecular weight excluding hydrogens is 320 g/mol. The number of carbonyl (C=O) groups excluding carboxylic acids is 1. The smallest absolute Gasteiger partial charge is 0.331 e. The lowest BCUT2D eigenvalue weighted by atomic mass is 9.87. The third-order valence-corrected chi connectivity index (χ3v) is 3.83. The second kappa shape index (κ2) is 7.63. The molecule has 1 aromatic rings. The fourth-order valence-electron chi connectivity index (χ4n) is 2.43. The number of rotatable bonds is 4. The highest BCUT2D eigenvalue weighted by molar-refractivity contribution is 5.87. The first kappa shape index (κ1) is 18.2. The van der Waals surface area contributed by atoms with E-state index in [1.807, 2.05) is 0 Å². The van der Waals surface area contributed by atoms with Crippen LogP contribution in [0.1, 0.15) is 12.0 Å². The van der Waals surface area contributed by atoms with Gasteiger partial charge in [-0.15, -0.1) is 0 Å². The Morgan fingerprint density at radius 1 is 1.17 bits per heavy atom. The second-order valence-electron chi connectivity index (χ2n) is 5.51. The van der Waals surface area contributed by atoms with E-state index in [0.29, 0.717) is 5.56 Å². The van der Waals surface area contributed by atoms with Gasteiger partial charge in [0.15, 0.2) is 11.5 Å². The van der Waals surface area contributed by atoms with Crippen molar-refractivity contribution in [1.29, 1.82) is 0 Å². The molecule has 1 saturated carbocycles. The van der Waals surface area contributed by atoms with E-state index in [1.54, 1.807) is 6.07 Å². The van der Waals surface area contributed by atoms with Crippen LogP contribution in [-0.4, -0.2) is 69.1 Å². The number of benzene rings is 1. The van der Waals surface area contributed by atoms with E-state index in [9.17, 15) is 30.3 Å². The Morgan fingerprint density at radius 2 is 1.88 bits per heavy atom. The molecule has 132 valence electrons. The van der Waals surface area contributed by atoms with Crippen molar-refractivity contribution in [2.45, 2.75) is 36.9 Å². The molecule has 5 atom stereocenters. The summed E-state index contributed by atoms with van der Waals surface area (Å²) >= 11 is 0. The van der Waals surface area contributed by atoms with E-state index >= 15 is 0 Å². The molecule has 1 aromatic carbocycles. The molecule has 8 nitrogen and oxygen atoms in total. The molecule has 0 unspecified atom stereocenters. The van der Waals surface area contributed by atoms with Gasteiger partial charge in [0, 0.05) is 12.5 Å². The average molecular weight is 340 g/mol. The highest BCUT2D eigenvalue weighted by Gasteiger charge is 2.43. The number of phenols is 1. The number of aliphatic hydroxyl groups is 4. The van der Waals surface area contributed by atoms with Gasteiger partial charge in [-0.1, -0.05) is 6.07 Å². The molecule has 0 spiro atoms. The van der Waals surface area contributed by atoms with Crippen molar-refractivity contribution in [3.63, 3.8) is 0 Å². The van der Waals surface area contributed by atoms with Crippen LogP contribution in [0.3, 0.4) is 0 Å². The molecule has 1 aliphatic carbocycles. The van der Waals surface area contributed by atoms with Gasteiger partial charge in [-0.25, -0.2) is 4.79 Å². The SMILES string of the molecule is COc1cc(/C=C/C(=O)O[C@@H]2C[C@@H](O)[C@H](O)[C@@H](O)[C@H]2O)ccc1O. The Morgan fingerprint density at radius 3 is 2.54 bits per heavy atom. The summed E-state index contributed by atoms with van der Waals surface area (Å²) in [5.74, 6) is -0.584. The highest BCUT2D eigenvalue weighted by atomic mass is 16.6. The largest absolute Gasteiger partial charge is 0.504 e. The number of aromatic hydroxyl groups is 1. The monoisotopic (exact) mass is 340 g/mol. The molecule has 0 aromatic heterocycles. The summed E-state index contributed by atoms with van der Waals surface area (Å²) in [4.78, 5) is 11.8. The quantitative estimate of drug-likeness (QED) is 0.354. The summed E-state index contributed by atoms with van der Waals surface area (Å²) < 4.78 is 9.96. The molecule has 0 amide bonds. The van der Waals surface area contributed by atoms with Crippen molar-refractivity contribution in [3.8, 4) is 11.5 Å². The van der Waals surface area contributed by atoms with Crippen LogP contribution in [-0.2, 0) is 9.53 Å². The third-order valence-electron chi connectivity index (χ3n) is 3.83. The summed E-state index contributed by atoms with van der Waals surface area (Å²) in [6.45, 7) is 0. The summed E-state index contributed by atoms with van der Waals surface area (Å²) in [6, 6.07) is 4.47. The van der Waals surface area contributed by atoms with Gasteiger partial charge in [0.1, 0.15) is 24.4 Å². The number of ether oxygens (including phenoxy) is 2. The van der Waals surface area contributed by atoms with Gasteiger partial charge >= 0.3 is 5.97 Å². The Hall–Kier alpha value is -2.13. The number of carbonyl (C=O) groups is 1. The standard InChI is InChI=1S/C16H20O8/c1-23-11-6-8(2-4-9(11)17)3-5-13(19)24-12-7-10(18)14(20)16(22)15(12)21/h2-6,10,12,14-18,20-22H,7H2,1H3/b5-3+/t10-,12-,14+,15+,16-/m1/s1. The van der Waals surface area contributed by atoms with Crippen LogP contribution < -0.4 is 4.74 Å². The van der Waals surface area contributed by atoms with Gasteiger partial charge in [-0.3, -0.25) is 0 Å². The Kier molecular flexibility index (Phi) is 5.79. The van der Waals surface area contributed by atoms with Crippen LogP contribution in [0.5, 0.6) is 11.5 Å². The van der Waals surface area contributed by atoms with E-state index < -0.39 is 36.5 Å². The molecule has 0 radical (unpaired) electrons. The van der Waals surface area contributed by atoms with Crippen molar-refractivity contribution in [2.75, 3.05) is 7.11 Å². The molecule has 24 heavy (non-hydrogen) atoms. The fraction of sp³-hybridized carbons (Fsp3) is 0.438. The zero-order chi connectivity index (χ0) is 17.9. The summed E-state index contributed by atoms with van der Waals surface area (Å²) in [6.07, 6.45) is -4.69.